The van der Waals surface area contributed by atoms with Gasteiger partial charge >= 0.3 is 6.18 Å². The van der Waals surface area contributed by atoms with Gasteiger partial charge in [0.15, 0.2) is 0 Å². The molecule has 0 aliphatic heterocycles. The highest BCUT2D eigenvalue weighted by Gasteiger charge is 2.35. The summed E-state index contributed by atoms with van der Waals surface area (Å²) in [6, 6.07) is 19.1. The van der Waals surface area contributed by atoms with Crippen molar-refractivity contribution in [3.05, 3.63) is 90.0 Å². The van der Waals surface area contributed by atoms with Gasteiger partial charge in [-0.2, -0.15) is 18.4 Å². The molecule has 0 saturated heterocycles. The van der Waals surface area contributed by atoms with Gasteiger partial charge in [0.05, 0.1) is 22.1 Å². The molecule has 1 amide bonds. The Balaban J connectivity index is 1.88. The smallest absolute Gasteiger partial charge is 0.322 e. The minimum atomic E-state index is -4.83. The number of carbonyl (C=O) groups excluding carboxylic acids is 1. The molecule has 2 N–H and O–H groups in total. The zero-order chi connectivity index (χ0) is 27.4. The van der Waals surface area contributed by atoms with Gasteiger partial charge in [-0.05, 0) is 62.2 Å². The number of amides is 1. The maximum Gasteiger partial charge on any atom is 0.417 e. The third-order valence-electron chi connectivity index (χ3n) is 4.96. The Bertz CT molecular complexity index is 1480. The van der Waals surface area contributed by atoms with Crippen molar-refractivity contribution in [1.29, 1.82) is 5.26 Å². The van der Waals surface area contributed by atoms with Gasteiger partial charge in [-0.15, -0.1) is 0 Å². The van der Waals surface area contributed by atoms with E-state index in [2.05, 4.69) is 10.0 Å². The number of rotatable bonds is 6. The molecular formula is C27H24F3N3O3S. The third-order valence-corrected chi connectivity index (χ3v) is 6.78. The molecule has 0 aliphatic carbocycles. The molecule has 0 heterocycles. The Morgan fingerprint density at radius 3 is 2.19 bits per heavy atom. The summed E-state index contributed by atoms with van der Waals surface area (Å²) in [6.45, 7) is 5.18. The number of nitriles is 1. The maximum atomic E-state index is 13.6. The molecule has 0 fully saturated rings. The molecule has 0 aromatic heterocycles. The van der Waals surface area contributed by atoms with E-state index in [1.165, 1.54) is 36.4 Å². The SMILES string of the molecule is CC(C)(C)NS(=O)(=O)c1ccccc1-c1ccc(NC(=O)C=C(c2cccc(C#N)c2)C(F)(F)F)cc1. The predicted octanol–water partition coefficient (Wildman–Crippen LogP) is 5.89. The number of allylic oxidation sites excluding steroid dienone is 1. The number of hydrogen-bond acceptors (Lipinski definition) is 4. The van der Waals surface area contributed by atoms with Crippen LogP contribution in [0.2, 0.25) is 0 Å². The summed E-state index contributed by atoms with van der Waals surface area (Å²) in [6.07, 6.45) is -4.39. The van der Waals surface area contributed by atoms with Gasteiger partial charge in [-0.1, -0.05) is 42.5 Å². The van der Waals surface area contributed by atoms with Crippen LogP contribution in [0, 0.1) is 11.3 Å². The summed E-state index contributed by atoms with van der Waals surface area (Å²) in [5.74, 6) is -1.01. The van der Waals surface area contributed by atoms with Crippen molar-refractivity contribution in [2.75, 3.05) is 5.32 Å². The fourth-order valence-corrected chi connectivity index (χ4v) is 5.17. The van der Waals surface area contributed by atoms with Crippen LogP contribution in [0.4, 0.5) is 18.9 Å². The molecular weight excluding hydrogens is 503 g/mol. The zero-order valence-corrected chi connectivity index (χ0v) is 21.0. The Hall–Kier alpha value is -3.94. The number of nitrogens with one attached hydrogen (secondary N) is 2. The molecule has 3 rings (SSSR count). The second kappa shape index (κ2) is 10.6. The number of hydrogen-bond donors (Lipinski definition) is 2. The van der Waals surface area contributed by atoms with Crippen LogP contribution in [-0.2, 0) is 14.8 Å². The van der Waals surface area contributed by atoms with Crippen LogP contribution in [-0.4, -0.2) is 26.0 Å². The van der Waals surface area contributed by atoms with Crippen LogP contribution < -0.4 is 10.0 Å². The molecule has 10 heteroatoms. The molecule has 0 aliphatic rings. The van der Waals surface area contributed by atoms with E-state index in [1.807, 2.05) is 0 Å². The van der Waals surface area contributed by atoms with E-state index in [0.717, 1.165) is 6.07 Å². The standard InChI is InChI=1S/C27H24F3N3O3S/c1-26(2,3)33-37(35,36)24-10-5-4-9-22(24)19-11-13-21(14-12-19)32-25(34)16-23(27(28,29)30)20-8-6-7-18(15-20)17-31/h4-16,33H,1-3H3,(H,32,34). The van der Waals surface area contributed by atoms with E-state index in [9.17, 15) is 26.4 Å². The summed E-state index contributed by atoms with van der Waals surface area (Å²) in [5.41, 5.74) is -0.989. The number of sulfonamides is 1. The molecule has 0 atom stereocenters. The lowest BCUT2D eigenvalue weighted by Gasteiger charge is -2.21. The summed E-state index contributed by atoms with van der Waals surface area (Å²) < 4.78 is 69.3. The van der Waals surface area contributed by atoms with Gasteiger partial charge in [0.25, 0.3) is 0 Å². The molecule has 37 heavy (non-hydrogen) atoms. The fraction of sp³-hybridized carbons (Fsp3) is 0.185. The molecule has 192 valence electrons. The summed E-state index contributed by atoms with van der Waals surface area (Å²) in [7, 11) is -3.84. The Morgan fingerprint density at radius 2 is 1.59 bits per heavy atom. The molecule has 0 unspecified atom stereocenters. The van der Waals surface area contributed by atoms with E-state index in [0.29, 0.717) is 17.2 Å². The van der Waals surface area contributed by atoms with Gasteiger partial charge in [0.1, 0.15) is 0 Å². The highest BCUT2D eigenvalue weighted by molar-refractivity contribution is 7.89. The highest BCUT2D eigenvalue weighted by Crippen LogP contribution is 2.34. The lowest BCUT2D eigenvalue weighted by Crippen LogP contribution is -2.40. The Morgan fingerprint density at radius 1 is 0.946 bits per heavy atom. The van der Waals surface area contributed by atoms with Gasteiger partial charge < -0.3 is 5.32 Å². The number of nitrogens with zero attached hydrogens (tertiary/aromatic N) is 1. The first-order valence-corrected chi connectivity index (χ1v) is 12.5. The molecule has 0 spiro atoms. The topological polar surface area (TPSA) is 99.1 Å². The fourth-order valence-electron chi connectivity index (χ4n) is 3.53. The van der Waals surface area contributed by atoms with Crippen molar-refractivity contribution in [3.8, 4) is 17.2 Å². The monoisotopic (exact) mass is 527 g/mol. The summed E-state index contributed by atoms with van der Waals surface area (Å²) in [5, 5.41) is 11.4. The quantitative estimate of drug-likeness (QED) is 0.391. The second-order valence-corrected chi connectivity index (χ2v) is 10.8. The van der Waals surface area contributed by atoms with Crippen molar-refractivity contribution in [2.24, 2.45) is 0 Å². The number of alkyl halides is 3. The second-order valence-electron chi connectivity index (χ2n) is 9.17. The zero-order valence-electron chi connectivity index (χ0n) is 20.2. The Labute approximate surface area is 213 Å². The Kier molecular flexibility index (Phi) is 7.91. The van der Waals surface area contributed by atoms with Crippen molar-refractivity contribution in [1.82, 2.24) is 4.72 Å². The van der Waals surface area contributed by atoms with E-state index in [1.54, 1.807) is 57.2 Å². The predicted molar refractivity (Wildman–Crippen MR) is 136 cm³/mol. The average Bonchev–Trinajstić information content (AvgIpc) is 2.81. The number of carbonyl (C=O) groups is 1. The molecule has 3 aromatic rings. The van der Waals surface area contributed by atoms with E-state index >= 15 is 0 Å². The summed E-state index contributed by atoms with van der Waals surface area (Å²) in [4.78, 5) is 12.5. The first-order valence-electron chi connectivity index (χ1n) is 11.0. The molecule has 6 nitrogen and oxygen atoms in total. The van der Waals surface area contributed by atoms with E-state index < -0.39 is 33.2 Å². The van der Waals surface area contributed by atoms with Crippen LogP contribution in [0.15, 0.2) is 83.8 Å². The molecule has 0 radical (unpaired) electrons. The normalized spacial score (nSPS) is 12.6. The van der Waals surface area contributed by atoms with Gasteiger partial charge in [0.2, 0.25) is 15.9 Å². The van der Waals surface area contributed by atoms with Crippen LogP contribution in [0.1, 0.15) is 31.9 Å². The number of halogens is 3. The minimum absolute atomic E-state index is 0.0312. The lowest BCUT2D eigenvalue weighted by molar-refractivity contribution is -0.112. The highest BCUT2D eigenvalue weighted by atomic mass is 32.2. The minimum Gasteiger partial charge on any atom is -0.322 e. The molecule has 0 bridgehead atoms. The van der Waals surface area contributed by atoms with Crippen molar-refractivity contribution in [2.45, 2.75) is 37.4 Å². The van der Waals surface area contributed by atoms with Crippen LogP contribution in [0.5, 0.6) is 0 Å². The first-order chi connectivity index (χ1) is 17.2. The number of anilines is 1. The maximum absolute atomic E-state index is 13.6. The largest absolute Gasteiger partial charge is 0.417 e. The first kappa shape index (κ1) is 27.6. The lowest BCUT2D eigenvalue weighted by atomic mass is 10.0. The van der Waals surface area contributed by atoms with Gasteiger partial charge in [-0.3, -0.25) is 4.79 Å². The van der Waals surface area contributed by atoms with Crippen LogP contribution in [0.25, 0.3) is 16.7 Å². The van der Waals surface area contributed by atoms with Crippen molar-refractivity contribution >= 4 is 27.2 Å². The third kappa shape index (κ3) is 7.29. The van der Waals surface area contributed by atoms with Gasteiger partial charge in [-0.25, -0.2) is 13.1 Å². The average molecular weight is 528 g/mol. The van der Waals surface area contributed by atoms with Crippen LogP contribution >= 0.6 is 0 Å². The molecule has 3 aromatic carbocycles. The molecule has 0 saturated carbocycles. The van der Waals surface area contributed by atoms with Crippen molar-refractivity contribution in [3.63, 3.8) is 0 Å². The summed E-state index contributed by atoms with van der Waals surface area (Å²) >= 11 is 0. The van der Waals surface area contributed by atoms with E-state index in [4.69, 9.17) is 5.26 Å². The van der Waals surface area contributed by atoms with Gasteiger partial charge in [0, 0.05) is 22.9 Å². The van der Waals surface area contributed by atoms with E-state index in [-0.39, 0.29) is 21.7 Å². The number of benzene rings is 3. The van der Waals surface area contributed by atoms with Crippen molar-refractivity contribution < 1.29 is 26.4 Å². The van der Waals surface area contributed by atoms with Crippen LogP contribution in [0.3, 0.4) is 0 Å².